The van der Waals surface area contributed by atoms with Crippen molar-refractivity contribution in [2.24, 2.45) is 0 Å². The minimum Gasteiger partial charge on any atom is -0.493 e. The van der Waals surface area contributed by atoms with Gasteiger partial charge in [-0.15, -0.1) is 0 Å². The van der Waals surface area contributed by atoms with Gasteiger partial charge in [0.25, 0.3) is 12.0 Å². The van der Waals surface area contributed by atoms with Crippen LogP contribution in [0.3, 0.4) is 0 Å². The van der Waals surface area contributed by atoms with Gasteiger partial charge in [-0.25, -0.2) is 18.7 Å². The van der Waals surface area contributed by atoms with Crippen LogP contribution in [0.2, 0.25) is 0 Å². The van der Waals surface area contributed by atoms with E-state index in [0.717, 1.165) is 5.56 Å². The highest BCUT2D eigenvalue weighted by atomic mass is 32.2. The van der Waals surface area contributed by atoms with Crippen molar-refractivity contribution in [2.45, 2.75) is 18.1 Å². The van der Waals surface area contributed by atoms with Gasteiger partial charge in [-0.05, 0) is 36.1 Å². The van der Waals surface area contributed by atoms with Crippen LogP contribution < -0.4 is 15.0 Å². The SMILES string of the molecule is COc1ccc(Cn2cc(-c3cc(C(F)F)nc(SC)n3)ccc2=O)cc1OC. The molecule has 0 atom stereocenters. The number of thioether (sulfide) groups is 1. The molecule has 9 heteroatoms. The fraction of sp³-hybridized carbons (Fsp3) is 0.250. The van der Waals surface area contributed by atoms with E-state index in [1.807, 2.05) is 6.07 Å². The van der Waals surface area contributed by atoms with Crippen molar-refractivity contribution in [1.82, 2.24) is 14.5 Å². The van der Waals surface area contributed by atoms with Crippen LogP contribution in [-0.2, 0) is 6.54 Å². The fourth-order valence-electron chi connectivity index (χ4n) is 2.78. The first kappa shape index (κ1) is 20.8. The zero-order chi connectivity index (χ0) is 21.0. The number of halogens is 2. The Balaban J connectivity index is 1.99. The minimum atomic E-state index is -2.71. The Morgan fingerprint density at radius 1 is 1.07 bits per heavy atom. The van der Waals surface area contributed by atoms with E-state index in [4.69, 9.17) is 9.47 Å². The number of ether oxygens (including phenoxy) is 2. The van der Waals surface area contributed by atoms with Crippen LogP contribution in [0.4, 0.5) is 8.78 Å². The summed E-state index contributed by atoms with van der Waals surface area (Å²) in [6.07, 6.45) is 0.605. The van der Waals surface area contributed by atoms with E-state index in [-0.39, 0.29) is 23.0 Å². The Labute approximate surface area is 170 Å². The molecule has 0 saturated carbocycles. The molecule has 0 unspecified atom stereocenters. The molecule has 0 aliphatic rings. The summed E-state index contributed by atoms with van der Waals surface area (Å²) in [5, 5.41) is 0.246. The summed E-state index contributed by atoms with van der Waals surface area (Å²) in [4.78, 5) is 20.5. The number of rotatable bonds is 7. The van der Waals surface area contributed by atoms with E-state index in [0.29, 0.717) is 22.8 Å². The van der Waals surface area contributed by atoms with Gasteiger partial charge in [0.15, 0.2) is 16.7 Å². The molecule has 0 N–H and O–H groups in total. The van der Waals surface area contributed by atoms with Gasteiger partial charge in [0.05, 0.1) is 26.5 Å². The Kier molecular flexibility index (Phi) is 6.48. The topological polar surface area (TPSA) is 66.2 Å². The largest absolute Gasteiger partial charge is 0.493 e. The molecular weight excluding hydrogens is 400 g/mol. The third-order valence-electron chi connectivity index (χ3n) is 4.21. The van der Waals surface area contributed by atoms with Crippen molar-refractivity contribution in [3.8, 4) is 22.8 Å². The zero-order valence-corrected chi connectivity index (χ0v) is 16.9. The van der Waals surface area contributed by atoms with Crippen molar-refractivity contribution in [3.05, 3.63) is 64.2 Å². The molecule has 152 valence electrons. The molecule has 0 fully saturated rings. The smallest absolute Gasteiger partial charge is 0.280 e. The Morgan fingerprint density at radius 3 is 2.48 bits per heavy atom. The first-order valence-corrected chi connectivity index (χ1v) is 9.80. The molecule has 0 spiro atoms. The predicted molar refractivity (Wildman–Crippen MR) is 107 cm³/mol. The van der Waals surface area contributed by atoms with Crippen molar-refractivity contribution < 1.29 is 18.3 Å². The summed E-state index contributed by atoms with van der Waals surface area (Å²) in [5.41, 5.74) is 1.13. The van der Waals surface area contributed by atoms with Crippen LogP contribution in [0.25, 0.3) is 11.3 Å². The highest BCUT2D eigenvalue weighted by Gasteiger charge is 2.15. The predicted octanol–water partition coefficient (Wildman–Crippen LogP) is 4.03. The normalized spacial score (nSPS) is 11.0. The van der Waals surface area contributed by atoms with Crippen LogP contribution in [-0.4, -0.2) is 35.0 Å². The summed E-state index contributed by atoms with van der Waals surface area (Å²) < 4.78 is 38.3. The van der Waals surface area contributed by atoms with Crippen LogP contribution >= 0.6 is 11.8 Å². The second kappa shape index (κ2) is 9.04. The van der Waals surface area contributed by atoms with Gasteiger partial charge in [0.2, 0.25) is 0 Å². The zero-order valence-electron chi connectivity index (χ0n) is 16.1. The Morgan fingerprint density at radius 2 is 1.83 bits per heavy atom. The Bertz CT molecular complexity index is 1070. The molecule has 2 heterocycles. The summed E-state index contributed by atoms with van der Waals surface area (Å²) in [7, 11) is 3.08. The van der Waals surface area contributed by atoms with Crippen molar-refractivity contribution >= 4 is 11.8 Å². The first-order valence-electron chi connectivity index (χ1n) is 8.58. The monoisotopic (exact) mass is 419 g/mol. The summed E-state index contributed by atoms with van der Waals surface area (Å²) in [6, 6.07) is 9.56. The number of hydrogen-bond acceptors (Lipinski definition) is 6. The minimum absolute atomic E-state index is 0.225. The lowest BCUT2D eigenvalue weighted by Gasteiger charge is -2.12. The molecule has 0 aliphatic carbocycles. The molecular formula is C20H19F2N3O3S. The third-order valence-corrected chi connectivity index (χ3v) is 4.76. The lowest BCUT2D eigenvalue weighted by atomic mass is 10.1. The van der Waals surface area contributed by atoms with Gasteiger partial charge in [-0.2, -0.15) is 0 Å². The van der Waals surface area contributed by atoms with Gasteiger partial charge in [0.1, 0.15) is 5.69 Å². The van der Waals surface area contributed by atoms with Gasteiger partial charge < -0.3 is 14.0 Å². The molecule has 0 bridgehead atoms. The maximum absolute atomic E-state index is 13.2. The molecule has 2 aromatic heterocycles. The van der Waals surface area contributed by atoms with E-state index < -0.39 is 6.43 Å². The molecule has 6 nitrogen and oxygen atoms in total. The van der Waals surface area contributed by atoms with Crippen LogP contribution in [0.1, 0.15) is 17.7 Å². The van der Waals surface area contributed by atoms with Crippen LogP contribution in [0, 0.1) is 0 Å². The van der Waals surface area contributed by atoms with Crippen LogP contribution in [0.15, 0.2) is 52.5 Å². The second-order valence-electron chi connectivity index (χ2n) is 6.04. The number of aromatic nitrogens is 3. The maximum Gasteiger partial charge on any atom is 0.280 e. The number of methoxy groups -OCH3 is 2. The number of hydrogen-bond donors (Lipinski definition) is 0. The number of benzene rings is 1. The van der Waals surface area contributed by atoms with E-state index in [1.165, 1.54) is 35.6 Å². The molecule has 3 aromatic rings. The van der Waals surface area contributed by atoms with Gasteiger partial charge >= 0.3 is 0 Å². The molecule has 0 aliphatic heterocycles. The average Bonchev–Trinajstić information content (AvgIpc) is 2.74. The number of pyridine rings is 1. The third kappa shape index (κ3) is 4.73. The van der Waals surface area contributed by atoms with Gasteiger partial charge in [-0.1, -0.05) is 17.8 Å². The van der Waals surface area contributed by atoms with Crippen LogP contribution in [0.5, 0.6) is 11.5 Å². The van der Waals surface area contributed by atoms with Crippen molar-refractivity contribution in [2.75, 3.05) is 20.5 Å². The van der Waals surface area contributed by atoms with Crippen molar-refractivity contribution in [3.63, 3.8) is 0 Å². The molecule has 1 aromatic carbocycles. The number of alkyl halides is 2. The Hall–Kier alpha value is -2.94. The maximum atomic E-state index is 13.2. The fourth-order valence-corrected chi connectivity index (χ4v) is 3.16. The molecule has 0 radical (unpaired) electrons. The lowest BCUT2D eigenvalue weighted by molar-refractivity contribution is 0.145. The van der Waals surface area contributed by atoms with Crippen molar-refractivity contribution in [1.29, 1.82) is 0 Å². The van der Waals surface area contributed by atoms with E-state index in [1.54, 1.807) is 37.8 Å². The average molecular weight is 419 g/mol. The molecule has 29 heavy (non-hydrogen) atoms. The molecule has 3 rings (SSSR count). The second-order valence-corrected chi connectivity index (χ2v) is 6.81. The number of nitrogens with zero attached hydrogens (tertiary/aromatic N) is 3. The van der Waals surface area contributed by atoms with E-state index in [2.05, 4.69) is 9.97 Å². The highest BCUT2D eigenvalue weighted by molar-refractivity contribution is 7.98. The quantitative estimate of drug-likeness (QED) is 0.426. The summed E-state index contributed by atoms with van der Waals surface area (Å²) >= 11 is 1.18. The lowest BCUT2D eigenvalue weighted by Crippen LogP contribution is -2.19. The molecule has 0 saturated heterocycles. The molecule has 0 amide bonds. The summed E-state index contributed by atoms with van der Waals surface area (Å²) in [5.74, 6) is 1.14. The highest BCUT2D eigenvalue weighted by Crippen LogP contribution is 2.28. The first-order chi connectivity index (χ1) is 13.9. The summed E-state index contributed by atoms with van der Waals surface area (Å²) in [6.45, 7) is 0.273. The van der Waals surface area contributed by atoms with Gasteiger partial charge in [-0.3, -0.25) is 4.79 Å². The van der Waals surface area contributed by atoms with Gasteiger partial charge in [0, 0.05) is 17.8 Å². The standard InChI is InChI=1S/C20H19F2N3O3S/c1-27-16-6-4-12(8-17(16)28-2)10-25-11-13(5-7-18(25)26)14-9-15(19(21)22)24-20(23-14)29-3/h4-9,11,19H,10H2,1-3H3. The van der Waals surface area contributed by atoms with E-state index in [9.17, 15) is 13.6 Å². The van der Waals surface area contributed by atoms with E-state index >= 15 is 0 Å².